The molecule has 0 spiro atoms. The minimum atomic E-state index is 0.692. The molecule has 0 amide bonds. The summed E-state index contributed by atoms with van der Waals surface area (Å²) in [6.07, 6.45) is 1.20. The highest BCUT2D eigenvalue weighted by Gasteiger charge is 2.03. The fourth-order valence-electron chi connectivity index (χ4n) is 1.51. The smallest absolute Gasteiger partial charge is 0.119 e. The number of rotatable bonds is 8. The predicted octanol–water partition coefficient (Wildman–Crippen LogP) is 3.42. The molecule has 0 saturated carbocycles. The molecule has 1 rings (SSSR count). The van der Waals surface area contributed by atoms with Crippen molar-refractivity contribution in [1.82, 2.24) is 5.32 Å². The SMILES string of the molecule is CCCNCC(C)CSc1cccc(OC)c1. The summed E-state index contributed by atoms with van der Waals surface area (Å²) in [7, 11) is 1.71. The maximum absolute atomic E-state index is 5.22. The van der Waals surface area contributed by atoms with Gasteiger partial charge >= 0.3 is 0 Å². The molecule has 17 heavy (non-hydrogen) atoms. The standard InChI is InChI=1S/C14H23NOS/c1-4-8-15-10-12(2)11-17-14-7-5-6-13(9-14)16-3/h5-7,9,12,15H,4,8,10-11H2,1-3H3. The van der Waals surface area contributed by atoms with Crippen LogP contribution in [-0.2, 0) is 0 Å². The van der Waals surface area contributed by atoms with Gasteiger partial charge in [0.1, 0.15) is 5.75 Å². The number of hydrogen-bond acceptors (Lipinski definition) is 3. The average molecular weight is 253 g/mol. The van der Waals surface area contributed by atoms with Gasteiger partial charge in [0.05, 0.1) is 7.11 Å². The molecule has 1 N–H and O–H groups in total. The summed E-state index contributed by atoms with van der Waals surface area (Å²) >= 11 is 1.90. The molecule has 0 heterocycles. The summed E-state index contributed by atoms with van der Waals surface area (Å²) in [6.45, 7) is 6.71. The van der Waals surface area contributed by atoms with E-state index in [1.807, 2.05) is 23.9 Å². The third-order valence-corrected chi connectivity index (χ3v) is 3.82. The van der Waals surface area contributed by atoms with Gasteiger partial charge < -0.3 is 10.1 Å². The van der Waals surface area contributed by atoms with E-state index in [0.29, 0.717) is 5.92 Å². The summed E-state index contributed by atoms with van der Waals surface area (Å²) < 4.78 is 5.22. The zero-order valence-electron chi connectivity index (χ0n) is 11.0. The van der Waals surface area contributed by atoms with Crippen LogP contribution in [0, 0.1) is 5.92 Å². The highest BCUT2D eigenvalue weighted by molar-refractivity contribution is 7.99. The molecule has 0 radical (unpaired) electrons. The highest BCUT2D eigenvalue weighted by Crippen LogP contribution is 2.24. The van der Waals surface area contributed by atoms with Gasteiger partial charge in [-0.1, -0.05) is 19.9 Å². The summed E-state index contributed by atoms with van der Waals surface area (Å²) in [5.74, 6) is 2.77. The van der Waals surface area contributed by atoms with Crippen LogP contribution in [0.2, 0.25) is 0 Å². The van der Waals surface area contributed by atoms with Gasteiger partial charge in [0.2, 0.25) is 0 Å². The monoisotopic (exact) mass is 253 g/mol. The zero-order chi connectivity index (χ0) is 12.5. The topological polar surface area (TPSA) is 21.3 Å². The normalized spacial score (nSPS) is 12.4. The van der Waals surface area contributed by atoms with Crippen LogP contribution in [0.3, 0.4) is 0 Å². The average Bonchev–Trinajstić information content (AvgIpc) is 2.37. The quantitative estimate of drug-likeness (QED) is 0.566. The Bertz CT molecular complexity index is 317. The third-order valence-electron chi connectivity index (χ3n) is 2.50. The van der Waals surface area contributed by atoms with Crippen LogP contribution >= 0.6 is 11.8 Å². The largest absolute Gasteiger partial charge is 0.497 e. The number of ether oxygens (including phenoxy) is 1. The van der Waals surface area contributed by atoms with Gasteiger partial charge in [0.25, 0.3) is 0 Å². The van der Waals surface area contributed by atoms with Crippen LogP contribution in [0.25, 0.3) is 0 Å². The third kappa shape index (κ3) is 5.99. The Morgan fingerprint density at radius 1 is 1.41 bits per heavy atom. The van der Waals surface area contributed by atoms with Crippen molar-refractivity contribution in [3.05, 3.63) is 24.3 Å². The first kappa shape index (κ1) is 14.4. The van der Waals surface area contributed by atoms with E-state index in [2.05, 4.69) is 31.3 Å². The van der Waals surface area contributed by atoms with Crippen LogP contribution in [0.1, 0.15) is 20.3 Å². The molecular weight excluding hydrogens is 230 g/mol. The lowest BCUT2D eigenvalue weighted by atomic mass is 10.2. The van der Waals surface area contributed by atoms with Gasteiger partial charge in [-0.2, -0.15) is 0 Å². The lowest BCUT2D eigenvalue weighted by molar-refractivity contribution is 0.413. The van der Waals surface area contributed by atoms with E-state index in [0.717, 1.165) is 24.6 Å². The van der Waals surface area contributed by atoms with Crippen molar-refractivity contribution in [2.45, 2.75) is 25.2 Å². The molecule has 1 aromatic rings. The molecule has 96 valence electrons. The fourth-order valence-corrected chi connectivity index (χ4v) is 2.48. The van der Waals surface area contributed by atoms with Crippen molar-refractivity contribution < 1.29 is 4.74 Å². The number of benzene rings is 1. The van der Waals surface area contributed by atoms with E-state index in [9.17, 15) is 0 Å². The summed E-state index contributed by atoms with van der Waals surface area (Å²) in [6, 6.07) is 8.26. The second kappa shape index (κ2) is 8.43. The van der Waals surface area contributed by atoms with E-state index in [1.54, 1.807) is 7.11 Å². The molecular formula is C14H23NOS. The summed E-state index contributed by atoms with van der Waals surface area (Å²) in [4.78, 5) is 1.28. The Kier molecular flexibility index (Phi) is 7.13. The molecule has 0 aliphatic carbocycles. The maximum atomic E-state index is 5.22. The van der Waals surface area contributed by atoms with Gasteiger partial charge in [-0.15, -0.1) is 11.8 Å². The minimum absolute atomic E-state index is 0.692. The molecule has 0 saturated heterocycles. The molecule has 1 aromatic carbocycles. The van der Waals surface area contributed by atoms with E-state index in [-0.39, 0.29) is 0 Å². The lowest BCUT2D eigenvalue weighted by Crippen LogP contribution is -2.23. The first-order chi connectivity index (χ1) is 8.26. The van der Waals surface area contributed by atoms with Crippen LogP contribution in [-0.4, -0.2) is 26.0 Å². The highest BCUT2D eigenvalue weighted by atomic mass is 32.2. The van der Waals surface area contributed by atoms with Crippen molar-refractivity contribution in [2.24, 2.45) is 5.92 Å². The Labute approximate surface area is 109 Å². The van der Waals surface area contributed by atoms with Crippen molar-refractivity contribution in [2.75, 3.05) is 26.0 Å². The predicted molar refractivity (Wildman–Crippen MR) is 76.0 cm³/mol. The summed E-state index contributed by atoms with van der Waals surface area (Å²) in [5, 5.41) is 3.46. The molecule has 0 aliphatic rings. The van der Waals surface area contributed by atoms with Crippen molar-refractivity contribution in [3.8, 4) is 5.75 Å². The van der Waals surface area contributed by atoms with E-state index in [4.69, 9.17) is 4.74 Å². The van der Waals surface area contributed by atoms with Crippen LogP contribution in [0.4, 0.5) is 0 Å². The Morgan fingerprint density at radius 3 is 2.94 bits per heavy atom. The molecule has 0 aliphatic heterocycles. The first-order valence-electron chi connectivity index (χ1n) is 6.23. The number of methoxy groups -OCH3 is 1. The Hall–Kier alpha value is -0.670. The van der Waals surface area contributed by atoms with Crippen LogP contribution in [0.15, 0.2) is 29.2 Å². The van der Waals surface area contributed by atoms with E-state index in [1.165, 1.54) is 11.3 Å². The van der Waals surface area contributed by atoms with Gasteiger partial charge in [-0.3, -0.25) is 0 Å². The van der Waals surface area contributed by atoms with Gasteiger partial charge in [-0.25, -0.2) is 0 Å². The molecule has 1 atom stereocenters. The molecule has 1 unspecified atom stereocenters. The van der Waals surface area contributed by atoms with Crippen molar-refractivity contribution >= 4 is 11.8 Å². The number of nitrogens with one attached hydrogen (secondary N) is 1. The number of thioether (sulfide) groups is 1. The minimum Gasteiger partial charge on any atom is -0.497 e. The number of hydrogen-bond donors (Lipinski definition) is 1. The van der Waals surface area contributed by atoms with E-state index < -0.39 is 0 Å². The zero-order valence-corrected chi connectivity index (χ0v) is 11.8. The van der Waals surface area contributed by atoms with Crippen LogP contribution in [0.5, 0.6) is 5.75 Å². The van der Waals surface area contributed by atoms with E-state index >= 15 is 0 Å². The molecule has 2 nitrogen and oxygen atoms in total. The molecule has 3 heteroatoms. The fraction of sp³-hybridized carbons (Fsp3) is 0.571. The van der Waals surface area contributed by atoms with Crippen molar-refractivity contribution in [3.63, 3.8) is 0 Å². The molecule has 0 fully saturated rings. The second-order valence-electron chi connectivity index (χ2n) is 4.30. The molecule has 0 aromatic heterocycles. The lowest BCUT2D eigenvalue weighted by Gasteiger charge is -2.12. The maximum Gasteiger partial charge on any atom is 0.119 e. The second-order valence-corrected chi connectivity index (χ2v) is 5.39. The Morgan fingerprint density at radius 2 is 2.24 bits per heavy atom. The van der Waals surface area contributed by atoms with Crippen LogP contribution < -0.4 is 10.1 Å². The molecule has 0 bridgehead atoms. The summed E-state index contributed by atoms with van der Waals surface area (Å²) in [5.41, 5.74) is 0. The van der Waals surface area contributed by atoms with Gasteiger partial charge in [-0.05, 0) is 43.6 Å². The van der Waals surface area contributed by atoms with Gasteiger partial charge in [0.15, 0.2) is 0 Å². The first-order valence-corrected chi connectivity index (χ1v) is 7.22. The van der Waals surface area contributed by atoms with Gasteiger partial charge in [0, 0.05) is 10.6 Å². The van der Waals surface area contributed by atoms with Crippen molar-refractivity contribution in [1.29, 1.82) is 0 Å². The Balaban J connectivity index is 2.28.